The Kier molecular flexibility index (Phi) is 4.56. The molecule has 0 N–H and O–H groups in total. The van der Waals surface area contributed by atoms with Gasteiger partial charge < -0.3 is 14.4 Å². The van der Waals surface area contributed by atoms with Gasteiger partial charge in [-0.1, -0.05) is 13.0 Å². The molecule has 0 radical (unpaired) electrons. The maximum absolute atomic E-state index is 12.8. The minimum Gasteiger partial charge on any atom is -0.454 e. The van der Waals surface area contributed by atoms with Crippen LogP contribution in [0.5, 0.6) is 11.5 Å². The molecule has 2 atom stereocenters. The number of nitrogens with zero attached hydrogens (tertiary/aromatic N) is 2. The minimum atomic E-state index is -3.08. The van der Waals surface area contributed by atoms with Gasteiger partial charge >= 0.3 is 0 Å². The number of hydrogen-bond acceptors (Lipinski definition) is 6. The Morgan fingerprint density at radius 1 is 1.15 bits per heavy atom. The zero-order valence-corrected chi connectivity index (χ0v) is 15.7. The van der Waals surface area contributed by atoms with Gasteiger partial charge in [0, 0.05) is 25.6 Å². The highest BCUT2D eigenvalue weighted by Crippen LogP contribution is 2.33. The van der Waals surface area contributed by atoms with Gasteiger partial charge in [-0.2, -0.15) is 0 Å². The summed E-state index contributed by atoms with van der Waals surface area (Å²) < 4.78 is 34.9. The Morgan fingerprint density at radius 3 is 2.73 bits per heavy atom. The van der Waals surface area contributed by atoms with Gasteiger partial charge in [-0.25, -0.2) is 8.42 Å². The molecule has 0 saturated carbocycles. The largest absolute Gasteiger partial charge is 0.454 e. The van der Waals surface area contributed by atoms with E-state index in [1.165, 1.54) is 0 Å². The van der Waals surface area contributed by atoms with Gasteiger partial charge in [-0.05, 0) is 30.7 Å². The SMILES string of the molecule is CCN1CCN(C(=O)CCc2ccc3c(c2)OCO3)[C@H]2CS(=O)(=O)C[C@H]21. The van der Waals surface area contributed by atoms with Gasteiger partial charge in [-0.15, -0.1) is 0 Å². The first-order chi connectivity index (χ1) is 12.5. The summed E-state index contributed by atoms with van der Waals surface area (Å²) in [4.78, 5) is 16.8. The number of carbonyl (C=O) groups excluding carboxylic acids is 1. The second-order valence-electron chi connectivity index (χ2n) is 7.11. The number of carbonyl (C=O) groups is 1. The van der Waals surface area contributed by atoms with Crippen molar-refractivity contribution in [3.63, 3.8) is 0 Å². The summed E-state index contributed by atoms with van der Waals surface area (Å²) in [6, 6.07) is 5.44. The van der Waals surface area contributed by atoms with Crippen LogP contribution in [0.15, 0.2) is 18.2 Å². The van der Waals surface area contributed by atoms with E-state index in [0.29, 0.717) is 25.1 Å². The Balaban J connectivity index is 1.43. The van der Waals surface area contributed by atoms with Crippen LogP contribution >= 0.6 is 0 Å². The molecule has 2 saturated heterocycles. The van der Waals surface area contributed by atoms with Gasteiger partial charge in [0.25, 0.3) is 0 Å². The molecule has 0 aliphatic carbocycles. The maximum atomic E-state index is 12.8. The Labute approximate surface area is 153 Å². The van der Waals surface area contributed by atoms with Crippen LogP contribution in [0, 0.1) is 0 Å². The smallest absolute Gasteiger partial charge is 0.231 e. The first kappa shape index (κ1) is 17.6. The molecule has 4 rings (SSSR count). The molecule has 2 fully saturated rings. The molecule has 3 aliphatic heterocycles. The van der Waals surface area contributed by atoms with Crippen LogP contribution in [0.25, 0.3) is 0 Å². The monoisotopic (exact) mass is 380 g/mol. The van der Waals surface area contributed by atoms with Crippen LogP contribution in [-0.4, -0.2) is 74.1 Å². The molecule has 3 heterocycles. The van der Waals surface area contributed by atoms with Crippen molar-refractivity contribution in [1.82, 2.24) is 9.80 Å². The summed E-state index contributed by atoms with van der Waals surface area (Å²) in [5.74, 6) is 1.73. The predicted molar refractivity (Wildman–Crippen MR) is 96.1 cm³/mol. The van der Waals surface area contributed by atoms with E-state index in [1.54, 1.807) is 4.90 Å². The Hall–Kier alpha value is -1.80. The van der Waals surface area contributed by atoms with Gasteiger partial charge in [0.2, 0.25) is 12.7 Å². The van der Waals surface area contributed by atoms with Crippen LogP contribution in [0.3, 0.4) is 0 Å². The van der Waals surface area contributed by atoms with Crippen molar-refractivity contribution in [3.05, 3.63) is 23.8 Å². The Morgan fingerprint density at radius 2 is 1.92 bits per heavy atom. The van der Waals surface area contributed by atoms with E-state index in [1.807, 2.05) is 25.1 Å². The van der Waals surface area contributed by atoms with Crippen molar-refractivity contribution in [2.24, 2.45) is 0 Å². The number of fused-ring (bicyclic) bond motifs is 2. The molecule has 0 unspecified atom stereocenters. The van der Waals surface area contributed by atoms with Gasteiger partial charge in [-0.3, -0.25) is 9.69 Å². The number of rotatable bonds is 4. The minimum absolute atomic E-state index is 0.0329. The standard InChI is InChI=1S/C18H24N2O5S/c1-2-19-7-8-20(15-11-26(22,23)10-14(15)19)18(21)6-4-13-3-5-16-17(9-13)25-12-24-16/h3,5,9,14-15H,2,4,6-8,10-12H2,1H3/t14-,15+/m1/s1. The van der Waals surface area contributed by atoms with Crippen LogP contribution < -0.4 is 9.47 Å². The van der Waals surface area contributed by atoms with Crippen LogP contribution in [0.1, 0.15) is 18.9 Å². The Bertz CT molecular complexity index is 810. The first-order valence-corrected chi connectivity index (χ1v) is 10.9. The van der Waals surface area contributed by atoms with Gasteiger partial charge in [0.05, 0.1) is 17.5 Å². The maximum Gasteiger partial charge on any atom is 0.231 e. The van der Waals surface area contributed by atoms with Crippen LogP contribution in [0.2, 0.25) is 0 Å². The molecular formula is C18H24N2O5S. The normalized spacial score (nSPS) is 26.7. The van der Waals surface area contributed by atoms with Gasteiger partial charge in [0.15, 0.2) is 21.3 Å². The van der Waals surface area contributed by atoms with Crippen LogP contribution in [-0.2, 0) is 21.1 Å². The molecular weight excluding hydrogens is 356 g/mol. The lowest BCUT2D eigenvalue weighted by atomic mass is 10.0. The zero-order chi connectivity index (χ0) is 18.3. The highest BCUT2D eigenvalue weighted by molar-refractivity contribution is 7.91. The molecule has 26 heavy (non-hydrogen) atoms. The molecule has 1 aromatic carbocycles. The molecule has 7 nitrogen and oxygen atoms in total. The zero-order valence-electron chi connectivity index (χ0n) is 14.9. The lowest BCUT2D eigenvalue weighted by Gasteiger charge is -2.43. The van der Waals surface area contributed by atoms with Crippen molar-refractivity contribution >= 4 is 15.7 Å². The van der Waals surface area contributed by atoms with Crippen molar-refractivity contribution in [1.29, 1.82) is 0 Å². The van der Waals surface area contributed by atoms with E-state index in [4.69, 9.17) is 9.47 Å². The second kappa shape index (κ2) is 6.74. The molecule has 0 spiro atoms. The lowest BCUT2D eigenvalue weighted by Crippen LogP contribution is -2.60. The third kappa shape index (κ3) is 3.27. The summed E-state index contributed by atoms with van der Waals surface area (Å²) in [6.45, 7) is 4.43. The number of amides is 1. The van der Waals surface area contributed by atoms with E-state index < -0.39 is 9.84 Å². The molecule has 1 aromatic rings. The van der Waals surface area contributed by atoms with E-state index in [2.05, 4.69) is 4.90 Å². The quantitative estimate of drug-likeness (QED) is 0.765. The fourth-order valence-corrected chi connectivity index (χ4v) is 6.23. The summed E-state index contributed by atoms with van der Waals surface area (Å²) in [5, 5.41) is 0. The molecule has 3 aliphatic rings. The van der Waals surface area contributed by atoms with E-state index in [0.717, 1.165) is 24.4 Å². The summed E-state index contributed by atoms with van der Waals surface area (Å²) in [5.41, 5.74) is 1.02. The fourth-order valence-electron chi connectivity index (χ4n) is 4.22. The molecule has 1 amide bonds. The summed E-state index contributed by atoms with van der Waals surface area (Å²) >= 11 is 0. The van der Waals surface area contributed by atoms with E-state index in [9.17, 15) is 13.2 Å². The average molecular weight is 380 g/mol. The third-order valence-electron chi connectivity index (χ3n) is 5.58. The molecule has 0 aromatic heterocycles. The van der Waals surface area contributed by atoms with Crippen molar-refractivity contribution in [2.45, 2.75) is 31.8 Å². The molecule has 0 bridgehead atoms. The second-order valence-corrected chi connectivity index (χ2v) is 9.27. The van der Waals surface area contributed by atoms with E-state index in [-0.39, 0.29) is 36.3 Å². The van der Waals surface area contributed by atoms with Crippen molar-refractivity contribution < 1.29 is 22.7 Å². The summed E-state index contributed by atoms with van der Waals surface area (Å²) in [6.07, 6.45) is 0.975. The van der Waals surface area contributed by atoms with Crippen LogP contribution in [0.4, 0.5) is 0 Å². The fraction of sp³-hybridized carbons (Fsp3) is 0.611. The predicted octanol–water partition coefficient (Wildman–Crippen LogP) is 0.678. The first-order valence-electron chi connectivity index (χ1n) is 9.09. The number of sulfone groups is 1. The number of aryl methyl sites for hydroxylation is 1. The van der Waals surface area contributed by atoms with E-state index >= 15 is 0 Å². The number of benzene rings is 1. The molecule has 142 valence electrons. The third-order valence-corrected chi connectivity index (χ3v) is 7.28. The van der Waals surface area contributed by atoms with Crippen molar-refractivity contribution in [3.8, 4) is 11.5 Å². The van der Waals surface area contributed by atoms with Gasteiger partial charge in [0.1, 0.15) is 0 Å². The van der Waals surface area contributed by atoms with Crippen molar-refractivity contribution in [2.75, 3.05) is 37.9 Å². The highest BCUT2D eigenvalue weighted by Gasteiger charge is 2.47. The lowest BCUT2D eigenvalue weighted by molar-refractivity contribution is -0.136. The number of likely N-dealkylation sites (N-methyl/N-ethyl adjacent to an activating group) is 1. The molecule has 8 heteroatoms. The average Bonchev–Trinajstić information content (AvgIpc) is 3.20. The summed E-state index contributed by atoms with van der Waals surface area (Å²) in [7, 11) is -3.08. The number of piperazine rings is 1. The highest BCUT2D eigenvalue weighted by atomic mass is 32.2. The number of ether oxygens (including phenoxy) is 2. The number of hydrogen-bond donors (Lipinski definition) is 0. The topological polar surface area (TPSA) is 76.2 Å².